The standard InChI is InChI=1S/C15H11N5O/c21-13-9-20-15(18-17-13)12-6-2-1-5-11(12)14(19-20)10-4-3-7-16-8-10/h1-8H,9H2,(H,17,19,21)/p+1. The fourth-order valence-corrected chi connectivity index (χ4v) is 2.53. The summed E-state index contributed by atoms with van der Waals surface area (Å²) in [5.41, 5.74) is 7.29. The van der Waals surface area contributed by atoms with E-state index in [1.165, 1.54) is 0 Å². The zero-order chi connectivity index (χ0) is 14.2. The minimum atomic E-state index is -0.118. The van der Waals surface area contributed by atoms with Crippen LogP contribution < -0.4 is 15.5 Å². The van der Waals surface area contributed by atoms with Gasteiger partial charge < -0.3 is 0 Å². The maximum atomic E-state index is 11.6. The van der Waals surface area contributed by atoms with Crippen molar-refractivity contribution in [3.63, 3.8) is 0 Å². The van der Waals surface area contributed by atoms with Gasteiger partial charge in [0.05, 0.1) is 5.39 Å². The van der Waals surface area contributed by atoms with Gasteiger partial charge in [-0.3, -0.25) is 9.78 Å². The lowest BCUT2D eigenvalue weighted by molar-refractivity contribution is -0.729. The molecular weight excluding hydrogens is 266 g/mol. The molecule has 1 aliphatic heterocycles. The van der Waals surface area contributed by atoms with Crippen LogP contribution in [0.15, 0.2) is 48.8 Å². The summed E-state index contributed by atoms with van der Waals surface area (Å²) in [5, 5.41) is 6.64. The van der Waals surface area contributed by atoms with Gasteiger partial charge in [0.15, 0.2) is 6.54 Å². The Hall–Kier alpha value is -3.02. The Kier molecular flexibility index (Phi) is 2.53. The molecule has 0 aliphatic carbocycles. The van der Waals surface area contributed by atoms with Gasteiger partial charge in [0.1, 0.15) is 5.69 Å². The first-order valence-electron chi connectivity index (χ1n) is 6.61. The highest BCUT2D eigenvalue weighted by atomic mass is 16.2. The number of amides is 1. The molecule has 3 aromatic rings. The highest BCUT2D eigenvalue weighted by Gasteiger charge is 2.27. The molecule has 0 radical (unpaired) electrons. The molecule has 4 rings (SSSR count). The molecule has 3 heterocycles. The van der Waals surface area contributed by atoms with Gasteiger partial charge in [-0.15, -0.1) is 4.68 Å². The Morgan fingerprint density at radius 2 is 1.90 bits per heavy atom. The molecule has 1 amide bonds. The molecular formula is C15H12N5O+. The number of pyridine rings is 1. The van der Waals surface area contributed by atoms with E-state index in [0.717, 1.165) is 27.8 Å². The number of nitrogens with one attached hydrogen (secondary N) is 2. The Balaban J connectivity index is 2.05. The number of hydrazine groups is 1. The van der Waals surface area contributed by atoms with E-state index in [2.05, 4.69) is 20.9 Å². The highest BCUT2D eigenvalue weighted by molar-refractivity contribution is 5.99. The second-order valence-corrected chi connectivity index (χ2v) is 4.82. The maximum Gasteiger partial charge on any atom is 0.327 e. The van der Waals surface area contributed by atoms with Gasteiger partial charge in [0, 0.05) is 23.3 Å². The number of rotatable bonds is 1. The van der Waals surface area contributed by atoms with Crippen LogP contribution in [0.4, 0.5) is 5.82 Å². The second-order valence-electron chi connectivity index (χ2n) is 4.82. The number of carbonyl (C=O) groups is 1. The number of fused-ring (bicyclic) bond motifs is 3. The molecule has 102 valence electrons. The van der Waals surface area contributed by atoms with Crippen molar-refractivity contribution in [2.75, 3.05) is 5.43 Å². The quantitative estimate of drug-likeness (QED) is 0.653. The van der Waals surface area contributed by atoms with Gasteiger partial charge in [-0.1, -0.05) is 23.3 Å². The summed E-state index contributed by atoms with van der Waals surface area (Å²) < 4.78 is 1.68. The monoisotopic (exact) mass is 278 g/mol. The summed E-state index contributed by atoms with van der Waals surface area (Å²) in [6.45, 7) is 0.195. The molecule has 21 heavy (non-hydrogen) atoms. The van der Waals surface area contributed by atoms with Gasteiger partial charge in [-0.05, 0) is 18.2 Å². The molecule has 1 aliphatic rings. The molecule has 0 saturated carbocycles. The van der Waals surface area contributed by atoms with Crippen molar-refractivity contribution >= 4 is 22.5 Å². The zero-order valence-electron chi connectivity index (χ0n) is 11.1. The summed E-state index contributed by atoms with van der Waals surface area (Å²) in [6.07, 6.45) is 3.50. The molecule has 0 spiro atoms. The van der Waals surface area contributed by atoms with E-state index in [1.54, 1.807) is 17.1 Å². The number of anilines is 1. The van der Waals surface area contributed by atoms with Gasteiger partial charge in [0.2, 0.25) is 0 Å². The van der Waals surface area contributed by atoms with Crippen LogP contribution in [-0.4, -0.2) is 16.0 Å². The fourth-order valence-electron chi connectivity index (χ4n) is 2.53. The van der Waals surface area contributed by atoms with Crippen LogP contribution in [0.2, 0.25) is 0 Å². The van der Waals surface area contributed by atoms with E-state index >= 15 is 0 Å². The number of hydrogen-bond donors (Lipinski definition) is 2. The SMILES string of the molecule is O=C1C[n+]2nc(-c3cccnc3)c3ccccc3c2NN1. The van der Waals surface area contributed by atoms with Crippen LogP contribution in [-0.2, 0) is 11.3 Å². The van der Waals surface area contributed by atoms with E-state index in [-0.39, 0.29) is 12.5 Å². The van der Waals surface area contributed by atoms with E-state index in [1.807, 2.05) is 36.4 Å². The lowest BCUT2D eigenvalue weighted by Crippen LogP contribution is -2.55. The number of benzene rings is 1. The summed E-state index contributed by atoms with van der Waals surface area (Å²) >= 11 is 0. The van der Waals surface area contributed by atoms with Crippen molar-refractivity contribution in [1.82, 2.24) is 15.5 Å². The van der Waals surface area contributed by atoms with Gasteiger partial charge in [0.25, 0.3) is 5.91 Å². The third kappa shape index (κ3) is 1.88. The number of carbonyl (C=O) groups excluding carboxylic acids is 1. The molecule has 0 atom stereocenters. The zero-order valence-corrected chi connectivity index (χ0v) is 11.1. The van der Waals surface area contributed by atoms with Gasteiger partial charge in [-0.2, -0.15) is 10.9 Å². The number of hydrogen-bond acceptors (Lipinski definition) is 4. The van der Waals surface area contributed by atoms with Crippen LogP contribution >= 0.6 is 0 Å². The molecule has 0 saturated heterocycles. The van der Waals surface area contributed by atoms with Crippen molar-refractivity contribution in [1.29, 1.82) is 0 Å². The predicted octanol–water partition coefficient (Wildman–Crippen LogP) is 1.04. The smallest absolute Gasteiger partial charge is 0.267 e. The minimum absolute atomic E-state index is 0.118. The Labute approximate surface area is 120 Å². The first-order chi connectivity index (χ1) is 10.3. The van der Waals surface area contributed by atoms with E-state index in [0.29, 0.717) is 0 Å². The van der Waals surface area contributed by atoms with Crippen molar-refractivity contribution < 1.29 is 9.48 Å². The average molecular weight is 278 g/mol. The summed E-state index contributed by atoms with van der Waals surface area (Å²) in [5.74, 6) is 0.672. The van der Waals surface area contributed by atoms with Crippen LogP contribution in [0.3, 0.4) is 0 Å². The Morgan fingerprint density at radius 3 is 2.71 bits per heavy atom. The molecule has 0 unspecified atom stereocenters. The largest absolute Gasteiger partial charge is 0.327 e. The molecule has 1 aromatic carbocycles. The molecule has 2 N–H and O–H groups in total. The number of aromatic nitrogens is 3. The highest BCUT2D eigenvalue weighted by Crippen LogP contribution is 2.28. The van der Waals surface area contributed by atoms with Crippen molar-refractivity contribution in [3.05, 3.63) is 48.8 Å². The summed E-state index contributed by atoms with van der Waals surface area (Å²) in [7, 11) is 0. The minimum Gasteiger partial charge on any atom is -0.267 e. The van der Waals surface area contributed by atoms with Crippen molar-refractivity contribution in [2.24, 2.45) is 0 Å². The Morgan fingerprint density at radius 1 is 1.05 bits per heavy atom. The summed E-state index contributed by atoms with van der Waals surface area (Å²) in [4.78, 5) is 15.7. The van der Waals surface area contributed by atoms with Gasteiger partial charge >= 0.3 is 5.82 Å². The third-order valence-electron chi connectivity index (χ3n) is 3.46. The Bertz CT molecular complexity index is 847. The second kappa shape index (κ2) is 4.52. The van der Waals surface area contributed by atoms with Crippen molar-refractivity contribution in [2.45, 2.75) is 6.54 Å². The van der Waals surface area contributed by atoms with Crippen molar-refractivity contribution in [3.8, 4) is 11.3 Å². The lowest BCUT2D eigenvalue weighted by atomic mass is 10.1. The molecule has 0 bridgehead atoms. The molecule has 2 aromatic heterocycles. The van der Waals surface area contributed by atoms with Crippen LogP contribution in [0.1, 0.15) is 0 Å². The normalized spacial score (nSPS) is 13.4. The maximum absolute atomic E-state index is 11.6. The predicted molar refractivity (Wildman–Crippen MR) is 76.9 cm³/mol. The summed E-state index contributed by atoms with van der Waals surface area (Å²) in [6, 6.07) is 11.8. The topological polar surface area (TPSA) is 70.8 Å². The molecule has 6 heteroatoms. The van der Waals surface area contributed by atoms with E-state index in [9.17, 15) is 4.79 Å². The first kappa shape index (κ1) is 11.8. The lowest BCUT2D eigenvalue weighted by Gasteiger charge is -2.15. The molecule has 6 nitrogen and oxygen atoms in total. The molecule has 0 fully saturated rings. The average Bonchev–Trinajstić information content (AvgIpc) is 2.54. The van der Waals surface area contributed by atoms with Crippen LogP contribution in [0, 0.1) is 0 Å². The van der Waals surface area contributed by atoms with E-state index in [4.69, 9.17) is 0 Å². The van der Waals surface area contributed by atoms with Crippen LogP contribution in [0.25, 0.3) is 22.0 Å². The van der Waals surface area contributed by atoms with E-state index < -0.39 is 0 Å². The van der Waals surface area contributed by atoms with Gasteiger partial charge in [-0.25, -0.2) is 0 Å². The number of nitrogens with zero attached hydrogens (tertiary/aromatic N) is 3. The third-order valence-corrected chi connectivity index (χ3v) is 3.46. The first-order valence-corrected chi connectivity index (χ1v) is 6.61. The van der Waals surface area contributed by atoms with Crippen LogP contribution in [0.5, 0.6) is 0 Å². The fraction of sp³-hybridized carbons (Fsp3) is 0.0667.